The number of hydrogen-bond acceptors (Lipinski definition) is 3. The van der Waals surface area contributed by atoms with E-state index in [4.69, 9.17) is 0 Å². The molecule has 1 aliphatic carbocycles. The highest BCUT2D eigenvalue weighted by Gasteiger charge is 2.43. The molecule has 126 valence electrons. The SMILES string of the molecule is O=C(Nc1ccn(CCc2ccncc2)n1)C1CC1c1ccccc1. The van der Waals surface area contributed by atoms with Crippen LogP contribution in [0.1, 0.15) is 23.5 Å². The quantitative estimate of drug-likeness (QED) is 0.754. The lowest BCUT2D eigenvalue weighted by molar-refractivity contribution is -0.117. The van der Waals surface area contributed by atoms with E-state index in [0.717, 1.165) is 19.4 Å². The smallest absolute Gasteiger partial charge is 0.229 e. The summed E-state index contributed by atoms with van der Waals surface area (Å²) in [5.74, 6) is 1.09. The van der Waals surface area contributed by atoms with E-state index in [1.54, 1.807) is 12.4 Å². The highest BCUT2D eigenvalue weighted by atomic mass is 16.2. The number of pyridine rings is 1. The largest absolute Gasteiger partial charge is 0.309 e. The third-order valence-corrected chi connectivity index (χ3v) is 4.63. The molecule has 0 spiro atoms. The summed E-state index contributed by atoms with van der Waals surface area (Å²) in [7, 11) is 0. The summed E-state index contributed by atoms with van der Waals surface area (Å²) in [6, 6.07) is 16.1. The van der Waals surface area contributed by atoms with Crippen molar-refractivity contribution in [2.45, 2.75) is 25.3 Å². The number of aromatic nitrogens is 3. The number of carbonyl (C=O) groups excluding carboxylic acids is 1. The molecule has 0 saturated heterocycles. The molecule has 0 bridgehead atoms. The van der Waals surface area contributed by atoms with Crippen molar-refractivity contribution in [2.24, 2.45) is 5.92 Å². The standard InChI is InChI=1S/C20H20N4O/c25-20(18-14-17(18)16-4-2-1-3-5-16)22-19-9-13-24(23-19)12-8-15-6-10-21-11-7-15/h1-7,9-11,13,17-18H,8,12,14H2,(H,22,23,25). The van der Waals surface area contributed by atoms with Gasteiger partial charge in [0.25, 0.3) is 0 Å². The maximum atomic E-state index is 12.4. The van der Waals surface area contributed by atoms with E-state index < -0.39 is 0 Å². The zero-order chi connectivity index (χ0) is 17.1. The summed E-state index contributed by atoms with van der Waals surface area (Å²) in [5, 5.41) is 7.38. The highest BCUT2D eigenvalue weighted by Crippen LogP contribution is 2.47. The van der Waals surface area contributed by atoms with E-state index in [9.17, 15) is 4.79 Å². The Morgan fingerprint density at radius 3 is 2.72 bits per heavy atom. The molecule has 1 saturated carbocycles. The summed E-state index contributed by atoms with van der Waals surface area (Å²) in [6.45, 7) is 0.774. The number of amides is 1. The van der Waals surface area contributed by atoms with E-state index in [1.807, 2.05) is 47.3 Å². The van der Waals surface area contributed by atoms with Crippen molar-refractivity contribution >= 4 is 11.7 Å². The first-order chi connectivity index (χ1) is 12.3. The van der Waals surface area contributed by atoms with Crippen LogP contribution < -0.4 is 5.32 Å². The molecule has 5 heteroatoms. The van der Waals surface area contributed by atoms with Gasteiger partial charge in [-0.05, 0) is 42.0 Å². The van der Waals surface area contributed by atoms with Gasteiger partial charge in [-0.15, -0.1) is 0 Å². The van der Waals surface area contributed by atoms with Gasteiger partial charge >= 0.3 is 0 Å². The molecule has 1 amide bonds. The molecule has 1 N–H and O–H groups in total. The van der Waals surface area contributed by atoms with Gasteiger partial charge in [-0.2, -0.15) is 5.10 Å². The van der Waals surface area contributed by atoms with Crippen LogP contribution in [0.5, 0.6) is 0 Å². The van der Waals surface area contributed by atoms with Gasteiger partial charge in [0.05, 0.1) is 0 Å². The maximum Gasteiger partial charge on any atom is 0.229 e. The fourth-order valence-electron chi connectivity index (χ4n) is 3.12. The number of rotatable bonds is 6. The molecule has 1 fully saturated rings. The molecule has 2 aromatic heterocycles. The fraction of sp³-hybridized carbons (Fsp3) is 0.250. The van der Waals surface area contributed by atoms with Crippen LogP contribution in [0.15, 0.2) is 67.1 Å². The first kappa shape index (κ1) is 15.6. The third-order valence-electron chi connectivity index (χ3n) is 4.63. The van der Waals surface area contributed by atoms with Crippen molar-refractivity contribution in [3.8, 4) is 0 Å². The molecule has 1 aromatic carbocycles. The molecule has 2 unspecified atom stereocenters. The van der Waals surface area contributed by atoms with Crippen LogP contribution in [-0.4, -0.2) is 20.7 Å². The van der Waals surface area contributed by atoms with E-state index in [0.29, 0.717) is 11.7 Å². The summed E-state index contributed by atoms with van der Waals surface area (Å²) in [6.07, 6.45) is 7.29. The van der Waals surface area contributed by atoms with Crippen LogP contribution in [0, 0.1) is 5.92 Å². The lowest BCUT2D eigenvalue weighted by atomic mass is 10.1. The molecule has 1 aliphatic rings. The highest BCUT2D eigenvalue weighted by molar-refractivity contribution is 5.94. The zero-order valence-electron chi connectivity index (χ0n) is 13.9. The second kappa shape index (κ2) is 6.89. The Bertz CT molecular complexity index is 844. The van der Waals surface area contributed by atoms with E-state index in [-0.39, 0.29) is 11.8 Å². The van der Waals surface area contributed by atoms with Gasteiger partial charge in [-0.1, -0.05) is 30.3 Å². The predicted molar refractivity (Wildman–Crippen MR) is 96.1 cm³/mol. The van der Waals surface area contributed by atoms with Crippen molar-refractivity contribution in [1.29, 1.82) is 0 Å². The van der Waals surface area contributed by atoms with Crippen molar-refractivity contribution in [1.82, 2.24) is 14.8 Å². The average molecular weight is 332 g/mol. The first-order valence-corrected chi connectivity index (χ1v) is 8.58. The van der Waals surface area contributed by atoms with Crippen LogP contribution in [0.25, 0.3) is 0 Å². The second-order valence-electron chi connectivity index (χ2n) is 6.42. The van der Waals surface area contributed by atoms with Gasteiger partial charge in [0, 0.05) is 37.1 Å². The lowest BCUT2D eigenvalue weighted by Crippen LogP contribution is -2.15. The molecule has 5 nitrogen and oxygen atoms in total. The molecule has 2 atom stereocenters. The van der Waals surface area contributed by atoms with Crippen LogP contribution in [0.3, 0.4) is 0 Å². The number of anilines is 1. The number of hydrogen-bond donors (Lipinski definition) is 1. The number of benzene rings is 1. The Kier molecular flexibility index (Phi) is 4.29. The van der Waals surface area contributed by atoms with Crippen LogP contribution >= 0.6 is 0 Å². The fourth-order valence-corrected chi connectivity index (χ4v) is 3.12. The first-order valence-electron chi connectivity index (χ1n) is 8.58. The van der Waals surface area contributed by atoms with Gasteiger partial charge in [0.1, 0.15) is 0 Å². The zero-order valence-corrected chi connectivity index (χ0v) is 13.9. The molecular weight excluding hydrogens is 312 g/mol. The minimum Gasteiger partial charge on any atom is -0.309 e. The Labute approximate surface area is 146 Å². The monoisotopic (exact) mass is 332 g/mol. The molecule has 2 heterocycles. The van der Waals surface area contributed by atoms with E-state index >= 15 is 0 Å². The van der Waals surface area contributed by atoms with Crippen molar-refractivity contribution in [3.63, 3.8) is 0 Å². The molecule has 0 radical (unpaired) electrons. The predicted octanol–water partition coefficient (Wildman–Crippen LogP) is 3.26. The van der Waals surface area contributed by atoms with Gasteiger partial charge in [0.2, 0.25) is 5.91 Å². The molecular formula is C20H20N4O. The summed E-state index contributed by atoms with van der Waals surface area (Å²) >= 11 is 0. The van der Waals surface area contributed by atoms with Gasteiger partial charge < -0.3 is 5.32 Å². The Morgan fingerprint density at radius 1 is 1.12 bits per heavy atom. The van der Waals surface area contributed by atoms with Crippen molar-refractivity contribution in [2.75, 3.05) is 5.32 Å². The summed E-state index contributed by atoms with van der Waals surface area (Å²) in [4.78, 5) is 16.4. The minimum absolute atomic E-state index is 0.0596. The van der Waals surface area contributed by atoms with Gasteiger partial charge in [0.15, 0.2) is 5.82 Å². The topological polar surface area (TPSA) is 59.8 Å². The number of nitrogens with one attached hydrogen (secondary N) is 1. The summed E-state index contributed by atoms with van der Waals surface area (Å²) < 4.78 is 1.86. The maximum absolute atomic E-state index is 12.4. The lowest BCUT2D eigenvalue weighted by Gasteiger charge is -2.03. The molecule has 0 aliphatic heterocycles. The van der Waals surface area contributed by atoms with Gasteiger partial charge in [-0.3, -0.25) is 14.5 Å². The van der Waals surface area contributed by atoms with Gasteiger partial charge in [-0.25, -0.2) is 0 Å². The Morgan fingerprint density at radius 2 is 1.92 bits per heavy atom. The third kappa shape index (κ3) is 3.76. The number of aryl methyl sites for hydroxylation is 2. The average Bonchev–Trinajstić information content (AvgIpc) is 3.35. The van der Waals surface area contributed by atoms with E-state index in [1.165, 1.54) is 11.1 Å². The Hall–Kier alpha value is -2.95. The van der Waals surface area contributed by atoms with Crippen LogP contribution in [-0.2, 0) is 17.8 Å². The van der Waals surface area contributed by atoms with E-state index in [2.05, 4.69) is 27.5 Å². The molecule has 25 heavy (non-hydrogen) atoms. The van der Waals surface area contributed by atoms with Crippen molar-refractivity contribution in [3.05, 3.63) is 78.2 Å². The Balaban J connectivity index is 1.30. The number of carbonyl (C=O) groups is 1. The number of nitrogens with zero attached hydrogens (tertiary/aromatic N) is 3. The van der Waals surface area contributed by atoms with Crippen LogP contribution in [0.4, 0.5) is 5.82 Å². The van der Waals surface area contributed by atoms with Crippen molar-refractivity contribution < 1.29 is 4.79 Å². The minimum atomic E-state index is 0.0596. The molecule has 4 rings (SSSR count). The normalized spacial score (nSPS) is 18.7. The second-order valence-corrected chi connectivity index (χ2v) is 6.42. The van der Waals surface area contributed by atoms with Crippen LogP contribution in [0.2, 0.25) is 0 Å². The molecule has 3 aromatic rings. The summed E-state index contributed by atoms with van der Waals surface area (Å²) in [5.41, 5.74) is 2.46.